The molecule has 0 bridgehead atoms. The lowest BCUT2D eigenvalue weighted by atomic mass is 9.96. The summed E-state index contributed by atoms with van der Waals surface area (Å²) in [6.07, 6.45) is 2.52. The molecule has 1 saturated carbocycles. The summed E-state index contributed by atoms with van der Waals surface area (Å²) in [6, 6.07) is 6.67. The molecule has 1 fully saturated rings. The minimum atomic E-state index is -0.182. The quantitative estimate of drug-likeness (QED) is 0.850. The van der Waals surface area contributed by atoms with Crippen molar-refractivity contribution < 1.29 is 4.39 Å². The van der Waals surface area contributed by atoms with Gasteiger partial charge in [-0.25, -0.2) is 4.39 Å². The first-order valence-electron chi connectivity index (χ1n) is 6.19. The molecule has 0 amide bonds. The lowest BCUT2D eigenvalue weighted by molar-refractivity contribution is 0.232. The van der Waals surface area contributed by atoms with Crippen LogP contribution in [0.5, 0.6) is 0 Å². The Morgan fingerprint density at radius 3 is 2.47 bits per heavy atom. The van der Waals surface area contributed by atoms with Crippen molar-refractivity contribution in [1.82, 2.24) is 4.90 Å². The molecule has 2 nitrogen and oxygen atoms in total. The van der Waals surface area contributed by atoms with Gasteiger partial charge in [-0.2, -0.15) is 0 Å². The van der Waals surface area contributed by atoms with E-state index in [9.17, 15) is 4.39 Å². The Morgan fingerprint density at radius 2 is 1.94 bits per heavy atom. The SMILES string of the molecule is CN(Cc1ccc(F)cc1)CC(C)(N)C1CC1. The number of benzene rings is 1. The zero-order chi connectivity index (χ0) is 12.5. The highest BCUT2D eigenvalue weighted by molar-refractivity contribution is 5.16. The molecule has 1 aliphatic carbocycles. The van der Waals surface area contributed by atoms with Crippen LogP contribution in [0, 0.1) is 11.7 Å². The van der Waals surface area contributed by atoms with Crippen molar-refractivity contribution in [3.8, 4) is 0 Å². The largest absolute Gasteiger partial charge is 0.324 e. The maximum absolute atomic E-state index is 12.8. The third kappa shape index (κ3) is 3.51. The van der Waals surface area contributed by atoms with Gasteiger partial charge in [0.25, 0.3) is 0 Å². The zero-order valence-electron chi connectivity index (χ0n) is 10.6. The lowest BCUT2D eigenvalue weighted by Gasteiger charge is -2.30. The molecular formula is C14H21FN2. The molecule has 1 aromatic rings. The number of rotatable bonds is 5. The highest BCUT2D eigenvalue weighted by Gasteiger charge is 2.38. The van der Waals surface area contributed by atoms with Gasteiger partial charge in [0.2, 0.25) is 0 Å². The number of hydrogen-bond acceptors (Lipinski definition) is 2. The Balaban J connectivity index is 1.88. The van der Waals surface area contributed by atoms with E-state index in [1.165, 1.54) is 25.0 Å². The van der Waals surface area contributed by atoms with Gasteiger partial charge in [0, 0.05) is 18.6 Å². The van der Waals surface area contributed by atoms with Crippen LogP contribution in [0.15, 0.2) is 24.3 Å². The van der Waals surface area contributed by atoms with E-state index in [2.05, 4.69) is 18.9 Å². The normalized spacial score (nSPS) is 19.4. The molecule has 94 valence electrons. The van der Waals surface area contributed by atoms with Crippen molar-refractivity contribution in [2.45, 2.75) is 31.8 Å². The lowest BCUT2D eigenvalue weighted by Crippen LogP contribution is -2.48. The number of hydrogen-bond donors (Lipinski definition) is 1. The fourth-order valence-corrected chi connectivity index (χ4v) is 2.41. The van der Waals surface area contributed by atoms with Gasteiger partial charge in [0.1, 0.15) is 5.82 Å². The molecule has 1 aromatic carbocycles. The molecule has 2 rings (SSSR count). The maximum Gasteiger partial charge on any atom is 0.123 e. The second-order valence-corrected chi connectivity index (χ2v) is 5.58. The molecule has 0 spiro atoms. The van der Waals surface area contributed by atoms with Crippen molar-refractivity contribution in [3.05, 3.63) is 35.6 Å². The Labute approximate surface area is 103 Å². The fourth-order valence-electron chi connectivity index (χ4n) is 2.41. The van der Waals surface area contributed by atoms with Crippen LogP contribution in [-0.4, -0.2) is 24.0 Å². The number of likely N-dealkylation sites (N-methyl/N-ethyl adjacent to an activating group) is 1. The molecule has 0 saturated heterocycles. The smallest absolute Gasteiger partial charge is 0.123 e. The van der Waals surface area contributed by atoms with Gasteiger partial charge in [0.15, 0.2) is 0 Å². The summed E-state index contributed by atoms with van der Waals surface area (Å²) in [5.41, 5.74) is 7.34. The molecule has 1 atom stereocenters. The predicted octanol–water partition coefficient (Wildman–Crippen LogP) is 2.38. The monoisotopic (exact) mass is 236 g/mol. The van der Waals surface area contributed by atoms with Crippen LogP contribution in [0.3, 0.4) is 0 Å². The molecule has 0 heterocycles. The second kappa shape index (κ2) is 4.75. The van der Waals surface area contributed by atoms with E-state index < -0.39 is 0 Å². The second-order valence-electron chi connectivity index (χ2n) is 5.58. The highest BCUT2D eigenvalue weighted by atomic mass is 19.1. The van der Waals surface area contributed by atoms with Crippen molar-refractivity contribution in [2.75, 3.05) is 13.6 Å². The summed E-state index contributed by atoms with van der Waals surface area (Å²) in [5.74, 6) is 0.496. The average Bonchev–Trinajstić information content (AvgIpc) is 3.04. The van der Waals surface area contributed by atoms with Gasteiger partial charge in [-0.3, -0.25) is 0 Å². The van der Waals surface area contributed by atoms with Crippen LogP contribution >= 0.6 is 0 Å². The molecule has 0 aromatic heterocycles. The van der Waals surface area contributed by atoms with Gasteiger partial charge < -0.3 is 10.6 Å². The van der Waals surface area contributed by atoms with Crippen molar-refractivity contribution >= 4 is 0 Å². The number of nitrogens with zero attached hydrogens (tertiary/aromatic N) is 1. The number of halogens is 1. The van der Waals surface area contributed by atoms with E-state index in [4.69, 9.17) is 5.73 Å². The van der Waals surface area contributed by atoms with Crippen molar-refractivity contribution in [2.24, 2.45) is 11.7 Å². The third-order valence-electron chi connectivity index (χ3n) is 3.49. The molecule has 1 aliphatic rings. The van der Waals surface area contributed by atoms with Crippen molar-refractivity contribution in [3.63, 3.8) is 0 Å². The van der Waals surface area contributed by atoms with Gasteiger partial charge in [-0.05, 0) is 50.4 Å². The topological polar surface area (TPSA) is 29.3 Å². The van der Waals surface area contributed by atoms with Gasteiger partial charge in [-0.15, -0.1) is 0 Å². The molecule has 2 N–H and O–H groups in total. The van der Waals surface area contributed by atoms with Crippen LogP contribution in [0.2, 0.25) is 0 Å². The van der Waals surface area contributed by atoms with E-state index in [-0.39, 0.29) is 11.4 Å². The minimum Gasteiger partial charge on any atom is -0.324 e. The first kappa shape index (κ1) is 12.5. The molecule has 3 heteroatoms. The molecule has 1 unspecified atom stereocenters. The maximum atomic E-state index is 12.8. The minimum absolute atomic E-state index is 0.0885. The fraction of sp³-hybridized carbons (Fsp3) is 0.571. The van der Waals surface area contributed by atoms with E-state index in [0.717, 1.165) is 18.7 Å². The van der Waals surface area contributed by atoms with Crippen LogP contribution in [-0.2, 0) is 6.54 Å². The summed E-state index contributed by atoms with van der Waals surface area (Å²) in [7, 11) is 2.07. The van der Waals surface area contributed by atoms with Crippen LogP contribution in [0.1, 0.15) is 25.3 Å². The highest BCUT2D eigenvalue weighted by Crippen LogP contribution is 2.38. The van der Waals surface area contributed by atoms with E-state index in [1.54, 1.807) is 0 Å². The van der Waals surface area contributed by atoms with Gasteiger partial charge in [-0.1, -0.05) is 12.1 Å². The van der Waals surface area contributed by atoms with Crippen LogP contribution in [0.25, 0.3) is 0 Å². The Hall–Kier alpha value is -0.930. The van der Waals surface area contributed by atoms with Crippen LogP contribution < -0.4 is 5.73 Å². The Morgan fingerprint density at radius 1 is 1.35 bits per heavy atom. The molecule has 0 aliphatic heterocycles. The summed E-state index contributed by atoms with van der Waals surface area (Å²) in [5, 5.41) is 0. The Bertz CT molecular complexity index is 368. The van der Waals surface area contributed by atoms with Gasteiger partial charge >= 0.3 is 0 Å². The van der Waals surface area contributed by atoms with E-state index in [0.29, 0.717) is 5.92 Å². The van der Waals surface area contributed by atoms with Gasteiger partial charge in [0.05, 0.1) is 0 Å². The molecular weight excluding hydrogens is 215 g/mol. The summed E-state index contributed by atoms with van der Waals surface area (Å²) in [4.78, 5) is 2.21. The van der Waals surface area contributed by atoms with Crippen LogP contribution in [0.4, 0.5) is 4.39 Å². The van der Waals surface area contributed by atoms with E-state index >= 15 is 0 Å². The Kier molecular flexibility index (Phi) is 3.50. The molecule has 17 heavy (non-hydrogen) atoms. The first-order valence-corrected chi connectivity index (χ1v) is 6.19. The zero-order valence-corrected chi connectivity index (χ0v) is 10.6. The number of nitrogens with two attached hydrogens (primary N) is 1. The standard InChI is InChI=1S/C14H21FN2/c1-14(16,12-5-6-12)10-17(2)9-11-3-7-13(15)8-4-11/h3-4,7-8,12H,5-6,9-10,16H2,1-2H3. The first-order chi connectivity index (χ1) is 7.97. The average molecular weight is 236 g/mol. The predicted molar refractivity (Wildman–Crippen MR) is 68.1 cm³/mol. The summed E-state index contributed by atoms with van der Waals surface area (Å²) < 4.78 is 12.8. The van der Waals surface area contributed by atoms with Crippen molar-refractivity contribution in [1.29, 1.82) is 0 Å². The third-order valence-corrected chi connectivity index (χ3v) is 3.49. The summed E-state index contributed by atoms with van der Waals surface area (Å²) in [6.45, 7) is 3.83. The molecule has 0 radical (unpaired) electrons. The van der Waals surface area contributed by atoms with E-state index in [1.807, 2.05) is 12.1 Å². The summed E-state index contributed by atoms with van der Waals surface area (Å²) >= 11 is 0.